The number of nitrogens with zero attached hydrogens (tertiary/aromatic N) is 1. The summed E-state index contributed by atoms with van der Waals surface area (Å²) in [6, 6.07) is 5.42. The van der Waals surface area contributed by atoms with Gasteiger partial charge >= 0.3 is 0 Å². The van der Waals surface area contributed by atoms with Gasteiger partial charge in [-0.2, -0.15) is 0 Å². The molecule has 3 rings (SSSR count). The molecule has 1 aliphatic heterocycles. The Kier molecular flexibility index (Phi) is 7.84. The smallest absolute Gasteiger partial charge is 0.0445 e. The third-order valence-electron chi connectivity index (χ3n) is 4.21. The topological polar surface area (TPSA) is 15.3 Å². The van der Waals surface area contributed by atoms with Gasteiger partial charge in [-0.1, -0.05) is 19.8 Å². The first-order chi connectivity index (χ1) is 8.86. The molecule has 0 bridgehead atoms. The molecular formula is C15H26Cl2N2S. The summed E-state index contributed by atoms with van der Waals surface area (Å²) < 4.78 is 0. The van der Waals surface area contributed by atoms with E-state index >= 15 is 0 Å². The molecule has 1 aromatic rings. The van der Waals surface area contributed by atoms with E-state index in [1.165, 1.54) is 38.8 Å². The van der Waals surface area contributed by atoms with Crippen LogP contribution in [-0.4, -0.2) is 31.1 Å². The molecule has 0 unspecified atom stereocenters. The fraction of sp³-hybridized carbons (Fsp3) is 0.733. The number of halogens is 2. The van der Waals surface area contributed by atoms with Crippen LogP contribution in [0.25, 0.3) is 0 Å². The van der Waals surface area contributed by atoms with Crippen LogP contribution in [0.5, 0.6) is 0 Å². The van der Waals surface area contributed by atoms with Crippen LogP contribution >= 0.6 is 36.2 Å². The van der Waals surface area contributed by atoms with E-state index in [1.54, 1.807) is 9.75 Å². The normalized spacial score (nSPS) is 20.9. The molecule has 1 aromatic heterocycles. The van der Waals surface area contributed by atoms with Gasteiger partial charge in [0, 0.05) is 42.0 Å². The van der Waals surface area contributed by atoms with Gasteiger partial charge in [-0.3, -0.25) is 4.90 Å². The Bertz CT molecular complexity index is 387. The van der Waals surface area contributed by atoms with Crippen molar-refractivity contribution in [3.8, 4) is 0 Å². The average molecular weight is 337 g/mol. The highest BCUT2D eigenvalue weighted by Crippen LogP contribution is 2.41. The molecule has 1 atom stereocenters. The number of piperazine rings is 1. The largest absolute Gasteiger partial charge is 0.314 e. The predicted octanol–water partition coefficient (Wildman–Crippen LogP) is 3.90. The van der Waals surface area contributed by atoms with E-state index in [9.17, 15) is 0 Å². The van der Waals surface area contributed by atoms with Crippen molar-refractivity contribution in [1.29, 1.82) is 0 Å². The van der Waals surface area contributed by atoms with Gasteiger partial charge in [-0.25, -0.2) is 0 Å². The van der Waals surface area contributed by atoms with E-state index in [-0.39, 0.29) is 24.8 Å². The van der Waals surface area contributed by atoms with E-state index in [4.69, 9.17) is 0 Å². The quantitative estimate of drug-likeness (QED) is 0.877. The summed E-state index contributed by atoms with van der Waals surface area (Å²) in [5.41, 5.74) is 0. The lowest BCUT2D eigenvalue weighted by Crippen LogP contribution is -2.45. The number of hydrogen-bond acceptors (Lipinski definition) is 3. The summed E-state index contributed by atoms with van der Waals surface area (Å²) in [5.74, 6) is 1.01. The van der Waals surface area contributed by atoms with Crippen molar-refractivity contribution in [2.24, 2.45) is 5.92 Å². The second kappa shape index (κ2) is 8.60. The molecule has 2 nitrogen and oxygen atoms in total. The summed E-state index contributed by atoms with van der Waals surface area (Å²) in [6.45, 7) is 7.02. The number of thiophene rings is 1. The van der Waals surface area contributed by atoms with Crippen molar-refractivity contribution in [1.82, 2.24) is 10.2 Å². The first-order valence-corrected chi connectivity index (χ1v) is 8.22. The van der Waals surface area contributed by atoms with Crippen LogP contribution in [0.3, 0.4) is 0 Å². The molecule has 0 aromatic carbocycles. The monoisotopic (exact) mass is 336 g/mol. The molecule has 1 saturated heterocycles. The Balaban J connectivity index is 0.000001000. The van der Waals surface area contributed by atoms with Crippen molar-refractivity contribution in [2.45, 2.75) is 38.6 Å². The van der Waals surface area contributed by atoms with E-state index in [0.29, 0.717) is 6.04 Å². The zero-order valence-electron chi connectivity index (χ0n) is 12.1. The van der Waals surface area contributed by atoms with Crippen LogP contribution in [0.1, 0.15) is 42.0 Å². The second-order valence-electron chi connectivity index (χ2n) is 5.64. The summed E-state index contributed by atoms with van der Waals surface area (Å²) in [7, 11) is 0. The number of aryl methyl sites for hydroxylation is 1. The summed E-state index contributed by atoms with van der Waals surface area (Å²) in [4.78, 5) is 5.86. The number of nitrogens with one attached hydrogen (secondary N) is 1. The SMILES string of the molecule is CCc1ccc([C@H](CC2CC2)N2CCNCC2)s1.Cl.Cl. The van der Waals surface area contributed by atoms with Crippen molar-refractivity contribution in [2.75, 3.05) is 26.2 Å². The molecule has 1 saturated carbocycles. The highest BCUT2D eigenvalue weighted by molar-refractivity contribution is 7.12. The average Bonchev–Trinajstić information content (AvgIpc) is 3.12. The Morgan fingerprint density at radius 1 is 1.25 bits per heavy atom. The standard InChI is InChI=1S/C15H24N2S.2ClH/c1-2-13-5-6-15(18-13)14(11-12-3-4-12)17-9-7-16-8-10-17;;/h5-6,12,14,16H,2-4,7-11H2,1H3;2*1H/t14-;;/m0../s1. The molecule has 116 valence electrons. The van der Waals surface area contributed by atoms with Crippen molar-refractivity contribution in [3.05, 3.63) is 21.9 Å². The van der Waals surface area contributed by atoms with Crippen LogP contribution in [-0.2, 0) is 6.42 Å². The molecule has 0 radical (unpaired) electrons. The highest BCUT2D eigenvalue weighted by atomic mass is 35.5. The third-order valence-corrected chi connectivity index (χ3v) is 5.54. The highest BCUT2D eigenvalue weighted by Gasteiger charge is 2.31. The van der Waals surface area contributed by atoms with Gasteiger partial charge in [-0.05, 0) is 30.9 Å². The predicted molar refractivity (Wildman–Crippen MR) is 92.7 cm³/mol. The maximum absolute atomic E-state index is 3.47. The molecule has 2 heterocycles. The van der Waals surface area contributed by atoms with Crippen LogP contribution < -0.4 is 5.32 Å². The Morgan fingerprint density at radius 3 is 2.50 bits per heavy atom. The molecular weight excluding hydrogens is 311 g/mol. The Labute approximate surface area is 139 Å². The lowest BCUT2D eigenvalue weighted by Gasteiger charge is -2.34. The molecule has 0 amide bonds. The summed E-state index contributed by atoms with van der Waals surface area (Å²) in [5, 5.41) is 3.47. The van der Waals surface area contributed by atoms with E-state index in [0.717, 1.165) is 19.0 Å². The Morgan fingerprint density at radius 2 is 1.95 bits per heavy atom. The van der Waals surface area contributed by atoms with Gasteiger partial charge < -0.3 is 5.32 Å². The minimum absolute atomic E-state index is 0. The molecule has 20 heavy (non-hydrogen) atoms. The molecule has 1 N–H and O–H groups in total. The maximum Gasteiger partial charge on any atom is 0.0445 e. The van der Waals surface area contributed by atoms with Crippen molar-refractivity contribution < 1.29 is 0 Å². The summed E-state index contributed by atoms with van der Waals surface area (Å²) in [6.07, 6.45) is 5.51. The van der Waals surface area contributed by atoms with Gasteiger partial charge in [0.05, 0.1) is 0 Å². The maximum atomic E-state index is 3.47. The molecule has 5 heteroatoms. The number of rotatable bonds is 5. The molecule has 2 fully saturated rings. The van der Waals surface area contributed by atoms with Gasteiger partial charge in [0.1, 0.15) is 0 Å². The first-order valence-electron chi connectivity index (χ1n) is 7.40. The fourth-order valence-electron chi connectivity index (χ4n) is 2.87. The van der Waals surface area contributed by atoms with Gasteiger partial charge in [0.25, 0.3) is 0 Å². The van der Waals surface area contributed by atoms with Crippen molar-refractivity contribution in [3.63, 3.8) is 0 Å². The van der Waals surface area contributed by atoms with E-state index in [2.05, 4.69) is 29.3 Å². The van der Waals surface area contributed by atoms with E-state index in [1.807, 2.05) is 11.3 Å². The summed E-state index contributed by atoms with van der Waals surface area (Å²) >= 11 is 2.04. The Hall–Kier alpha value is 0.200. The van der Waals surface area contributed by atoms with E-state index < -0.39 is 0 Å². The lowest BCUT2D eigenvalue weighted by molar-refractivity contribution is 0.163. The van der Waals surface area contributed by atoms with Gasteiger partial charge in [0.15, 0.2) is 0 Å². The van der Waals surface area contributed by atoms with Gasteiger partial charge in [0.2, 0.25) is 0 Å². The van der Waals surface area contributed by atoms with Gasteiger partial charge in [-0.15, -0.1) is 36.2 Å². The molecule has 1 aliphatic carbocycles. The van der Waals surface area contributed by atoms with Crippen LogP contribution in [0.4, 0.5) is 0 Å². The van der Waals surface area contributed by atoms with Crippen LogP contribution in [0.15, 0.2) is 12.1 Å². The van der Waals surface area contributed by atoms with Crippen LogP contribution in [0.2, 0.25) is 0 Å². The minimum atomic E-state index is 0. The zero-order valence-corrected chi connectivity index (χ0v) is 14.6. The lowest BCUT2D eigenvalue weighted by atomic mass is 10.1. The first kappa shape index (κ1) is 18.2. The number of hydrogen-bond donors (Lipinski definition) is 1. The fourth-order valence-corrected chi connectivity index (χ4v) is 3.97. The minimum Gasteiger partial charge on any atom is -0.314 e. The zero-order chi connectivity index (χ0) is 12.4. The second-order valence-corrected chi connectivity index (χ2v) is 6.84. The van der Waals surface area contributed by atoms with Crippen LogP contribution in [0, 0.1) is 5.92 Å². The molecule has 2 aliphatic rings. The molecule has 0 spiro atoms. The third kappa shape index (κ3) is 4.60. The van der Waals surface area contributed by atoms with Crippen molar-refractivity contribution >= 4 is 36.2 Å².